The van der Waals surface area contributed by atoms with Gasteiger partial charge in [0.05, 0.1) is 0 Å². The van der Waals surface area contributed by atoms with Crippen LogP contribution in [-0.4, -0.2) is 38.9 Å². The van der Waals surface area contributed by atoms with Gasteiger partial charge in [0.15, 0.2) is 0 Å². The first-order valence-electron chi connectivity index (χ1n) is 6.78. The Kier molecular flexibility index (Phi) is 5.16. The Bertz CT molecular complexity index is 583. The van der Waals surface area contributed by atoms with E-state index in [0.717, 1.165) is 37.3 Å². The van der Waals surface area contributed by atoms with Crippen LogP contribution in [0.4, 0.5) is 0 Å². The van der Waals surface area contributed by atoms with Crippen molar-refractivity contribution < 1.29 is 8.42 Å². The van der Waals surface area contributed by atoms with Gasteiger partial charge in [0.1, 0.15) is 15.2 Å². The first-order valence-corrected chi connectivity index (χ1v) is 9.04. The molecule has 1 saturated heterocycles. The van der Waals surface area contributed by atoms with E-state index >= 15 is 0 Å². The number of nitriles is 1. The van der Waals surface area contributed by atoms with Gasteiger partial charge in [-0.3, -0.25) is 0 Å². The van der Waals surface area contributed by atoms with Gasteiger partial charge in [0, 0.05) is 13.1 Å². The number of nitrogens with one attached hydrogen (secondary N) is 1. The van der Waals surface area contributed by atoms with Crippen molar-refractivity contribution in [3.63, 3.8) is 0 Å². The molecule has 0 saturated carbocycles. The van der Waals surface area contributed by atoms with Gasteiger partial charge in [-0.25, -0.2) is 8.42 Å². The largest absolute Gasteiger partial charge is 0.316 e. The van der Waals surface area contributed by atoms with Crippen LogP contribution in [-0.2, 0) is 10.0 Å². The molecule has 1 aliphatic heterocycles. The third-order valence-corrected chi connectivity index (χ3v) is 6.90. The Balaban J connectivity index is 2.14. The van der Waals surface area contributed by atoms with Gasteiger partial charge in [0.2, 0.25) is 0 Å². The van der Waals surface area contributed by atoms with Crippen LogP contribution >= 0.6 is 11.3 Å². The van der Waals surface area contributed by atoms with Crippen molar-refractivity contribution in [1.82, 2.24) is 9.62 Å². The van der Waals surface area contributed by atoms with Crippen molar-refractivity contribution in [2.75, 3.05) is 26.2 Å². The lowest BCUT2D eigenvalue weighted by Crippen LogP contribution is -2.40. The highest BCUT2D eigenvalue weighted by atomic mass is 32.2. The molecule has 5 nitrogen and oxygen atoms in total. The molecule has 1 atom stereocenters. The molecule has 0 aromatic carbocycles. The van der Waals surface area contributed by atoms with Crippen LogP contribution in [0.15, 0.2) is 16.3 Å². The van der Waals surface area contributed by atoms with Crippen molar-refractivity contribution in [2.45, 2.75) is 24.0 Å². The van der Waals surface area contributed by atoms with E-state index in [4.69, 9.17) is 5.26 Å². The van der Waals surface area contributed by atoms with Crippen LogP contribution in [0.5, 0.6) is 0 Å². The summed E-state index contributed by atoms with van der Waals surface area (Å²) >= 11 is 1.04. The second-order valence-corrected chi connectivity index (χ2v) is 8.15. The molecule has 0 radical (unpaired) electrons. The minimum absolute atomic E-state index is 0.264. The molecule has 20 heavy (non-hydrogen) atoms. The topological polar surface area (TPSA) is 73.2 Å². The van der Waals surface area contributed by atoms with E-state index in [2.05, 4.69) is 5.32 Å². The van der Waals surface area contributed by atoms with Crippen molar-refractivity contribution in [2.24, 2.45) is 5.92 Å². The Labute approximate surface area is 124 Å². The van der Waals surface area contributed by atoms with E-state index in [0.29, 0.717) is 23.9 Å². The van der Waals surface area contributed by atoms with Crippen LogP contribution in [0.2, 0.25) is 0 Å². The van der Waals surface area contributed by atoms with Gasteiger partial charge in [-0.1, -0.05) is 6.92 Å². The van der Waals surface area contributed by atoms with E-state index in [-0.39, 0.29) is 4.21 Å². The standard InChI is InChI=1S/C13H19N3O2S2/c1-2-16(10-11-4-3-7-15-9-11)20(17,18)13-6-5-12(8-14)19-13/h5-6,11,15H,2-4,7,9-10H2,1H3. The molecule has 1 aliphatic rings. The summed E-state index contributed by atoms with van der Waals surface area (Å²) in [4.78, 5) is 0.430. The summed E-state index contributed by atoms with van der Waals surface area (Å²) in [5.41, 5.74) is 0. The summed E-state index contributed by atoms with van der Waals surface area (Å²) in [5.74, 6) is 0.369. The van der Waals surface area contributed by atoms with E-state index in [1.807, 2.05) is 13.0 Å². The number of nitrogens with zero attached hydrogens (tertiary/aromatic N) is 2. The zero-order chi connectivity index (χ0) is 14.6. The fraction of sp³-hybridized carbons (Fsp3) is 0.615. The number of thiophene rings is 1. The van der Waals surface area contributed by atoms with Gasteiger partial charge < -0.3 is 5.32 Å². The van der Waals surface area contributed by atoms with E-state index in [1.165, 1.54) is 10.4 Å². The average Bonchev–Trinajstić information content (AvgIpc) is 2.95. The van der Waals surface area contributed by atoms with Crippen LogP contribution in [0.1, 0.15) is 24.6 Å². The molecule has 1 aromatic rings. The van der Waals surface area contributed by atoms with E-state index in [9.17, 15) is 8.42 Å². The Hall–Kier alpha value is -0.940. The third kappa shape index (κ3) is 3.38. The molecule has 0 amide bonds. The first kappa shape index (κ1) is 15.4. The summed E-state index contributed by atoms with van der Waals surface area (Å²) in [5, 5.41) is 12.1. The summed E-state index contributed by atoms with van der Waals surface area (Å²) in [6, 6.07) is 5.07. The molecular formula is C13H19N3O2S2. The molecule has 0 spiro atoms. The van der Waals surface area contributed by atoms with Crippen molar-refractivity contribution in [3.8, 4) is 6.07 Å². The Morgan fingerprint density at radius 2 is 2.35 bits per heavy atom. The van der Waals surface area contributed by atoms with Gasteiger partial charge >= 0.3 is 0 Å². The van der Waals surface area contributed by atoms with Crippen LogP contribution in [0.3, 0.4) is 0 Å². The van der Waals surface area contributed by atoms with E-state index < -0.39 is 10.0 Å². The fourth-order valence-electron chi connectivity index (χ4n) is 2.41. The van der Waals surface area contributed by atoms with Crippen molar-refractivity contribution in [3.05, 3.63) is 17.0 Å². The molecule has 1 aromatic heterocycles. The summed E-state index contributed by atoms with van der Waals surface area (Å²) in [7, 11) is -3.47. The number of rotatable bonds is 5. The molecular weight excluding hydrogens is 294 g/mol. The molecule has 1 unspecified atom stereocenters. The fourth-order valence-corrected chi connectivity index (χ4v) is 5.19. The second kappa shape index (κ2) is 6.68. The quantitative estimate of drug-likeness (QED) is 0.896. The van der Waals surface area contributed by atoms with Crippen LogP contribution in [0, 0.1) is 17.2 Å². The zero-order valence-electron chi connectivity index (χ0n) is 11.5. The lowest BCUT2D eigenvalue weighted by molar-refractivity contribution is 0.298. The summed E-state index contributed by atoms with van der Waals surface area (Å²) in [6.07, 6.45) is 2.16. The van der Waals surface area contributed by atoms with Gasteiger partial charge in [-0.2, -0.15) is 9.57 Å². The van der Waals surface area contributed by atoms with Gasteiger partial charge in [-0.15, -0.1) is 11.3 Å². The molecule has 0 aliphatic carbocycles. The molecule has 7 heteroatoms. The summed E-state index contributed by atoms with van der Waals surface area (Å²) < 4.78 is 26.9. The maximum absolute atomic E-state index is 12.6. The zero-order valence-corrected chi connectivity index (χ0v) is 13.1. The maximum Gasteiger partial charge on any atom is 0.252 e. The Morgan fingerprint density at radius 1 is 1.55 bits per heavy atom. The normalized spacial score (nSPS) is 19.9. The molecule has 1 fully saturated rings. The summed E-state index contributed by atoms with van der Waals surface area (Å²) in [6.45, 7) is 4.75. The minimum atomic E-state index is -3.47. The molecule has 0 bridgehead atoms. The first-order chi connectivity index (χ1) is 9.57. The lowest BCUT2D eigenvalue weighted by Gasteiger charge is -2.28. The molecule has 2 rings (SSSR count). The minimum Gasteiger partial charge on any atom is -0.316 e. The SMILES string of the molecule is CCN(CC1CCCNC1)S(=O)(=O)c1ccc(C#N)s1. The lowest BCUT2D eigenvalue weighted by atomic mass is 10.00. The average molecular weight is 313 g/mol. The van der Waals surface area contributed by atoms with Gasteiger partial charge in [-0.05, 0) is 44.0 Å². The van der Waals surface area contributed by atoms with Crippen LogP contribution < -0.4 is 5.32 Å². The predicted octanol–water partition coefficient (Wildman–Crippen LogP) is 1.63. The smallest absolute Gasteiger partial charge is 0.252 e. The second-order valence-electron chi connectivity index (χ2n) is 4.90. The number of piperidine rings is 1. The highest BCUT2D eigenvalue weighted by Crippen LogP contribution is 2.25. The molecule has 1 N–H and O–H groups in total. The molecule has 110 valence electrons. The van der Waals surface area contributed by atoms with E-state index in [1.54, 1.807) is 6.07 Å². The highest BCUT2D eigenvalue weighted by Gasteiger charge is 2.28. The molecule has 2 heterocycles. The Morgan fingerprint density at radius 3 is 2.90 bits per heavy atom. The van der Waals surface area contributed by atoms with Crippen molar-refractivity contribution in [1.29, 1.82) is 5.26 Å². The predicted molar refractivity (Wildman–Crippen MR) is 79.1 cm³/mol. The van der Waals surface area contributed by atoms with Crippen LogP contribution in [0.25, 0.3) is 0 Å². The van der Waals surface area contributed by atoms with Crippen molar-refractivity contribution >= 4 is 21.4 Å². The monoisotopic (exact) mass is 313 g/mol. The number of sulfonamides is 1. The van der Waals surface area contributed by atoms with Gasteiger partial charge in [0.25, 0.3) is 10.0 Å². The third-order valence-electron chi connectivity index (χ3n) is 3.50. The highest BCUT2D eigenvalue weighted by molar-refractivity contribution is 7.91. The number of hydrogen-bond donors (Lipinski definition) is 1. The maximum atomic E-state index is 12.6. The number of hydrogen-bond acceptors (Lipinski definition) is 5.